The molecular weight excluding hydrogens is 206 g/mol. The molecule has 84 valence electrons. The van der Waals surface area contributed by atoms with Crippen molar-refractivity contribution >= 4 is 11.3 Å². The highest BCUT2D eigenvalue weighted by Gasteiger charge is 2.22. The van der Waals surface area contributed by atoms with Crippen LogP contribution in [0, 0.1) is 12.8 Å². The van der Waals surface area contributed by atoms with Crippen molar-refractivity contribution in [2.75, 3.05) is 0 Å². The minimum Gasteiger partial charge on any atom is -0.271 e. The Morgan fingerprint density at radius 3 is 3.00 bits per heavy atom. The molecule has 0 radical (unpaired) electrons. The fourth-order valence-corrected chi connectivity index (χ4v) is 2.65. The predicted octanol–water partition coefficient (Wildman–Crippen LogP) is 2.02. The summed E-state index contributed by atoms with van der Waals surface area (Å²) >= 11 is 1.74. The third-order valence-electron chi connectivity index (χ3n) is 2.94. The summed E-state index contributed by atoms with van der Waals surface area (Å²) < 4.78 is 0. The second-order valence-corrected chi connectivity index (χ2v) is 5.41. The Bertz CT molecular complexity index is 307. The fraction of sp³-hybridized carbons (Fsp3) is 0.727. The number of hydrogen-bond donors (Lipinski definition) is 2. The van der Waals surface area contributed by atoms with Crippen LogP contribution in [0.25, 0.3) is 0 Å². The first-order chi connectivity index (χ1) is 7.28. The van der Waals surface area contributed by atoms with Crippen LogP contribution in [0.3, 0.4) is 0 Å². The van der Waals surface area contributed by atoms with Crippen LogP contribution in [0.4, 0.5) is 0 Å². The molecule has 1 heterocycles. The lowest BCUT2D eigenvalue weighted by Gasteiger charge is -2.13. The van der Waals surface area contributed by atoms with E-state index < -0.39 is 0 Å². The zero-order chi connectivity index (χ0) is 10.7. The first-order valence-electron chi connectivity index (χ1n) is 5.65. The van der Waals surface area contributed by atoms with Crippen molar-refractivity contribution < 1.29 is 0 Å². The number of nitrogens with zero attached hydrogens (tertiary/aromatic N) is 1. The number of aromatic nitrogens is 1. The topological polar surface area (TPSA) is 50.9 Å². The van der Waals surface area contributed by atoms with E-state index in [0.717, 1.165) is 18.0 Å². The first-order valence-corrected chi connectivity index (χ1v) is 6.53. The zero-order valence-corrected chi connectivity index (χ0v) is 10.0. The largest absolute Gasteiger partial charge is 0.271 e. The van der Waals surface area contributed by atoms with Crippen molar-refractivity contribution in [2.45, 2.75) is 45.1 Å². The van der Waals surface area contributed by atoms with Crippen LogP contribution in [0.1, 0.15) is 36.4 Å². The van der Waals surface area contributed by atoms with E-state index in [9.17, 15) is 0 Å². The number of hydrazine groups is 1. The summed E-state index contributed by atoms with van der Waals surface area (Å²) in [7, 11) is 0. The van der Waals surface area contributed by atoms with Gasteiger partial charge in [-0.1, -0.05) is 12.8 Å². The van der Waals surface area contributed by atoms with Crippen LogP contribution in [0.15, 0.2) is 5.38 Å². The number of rotatable bonds is 6. The van der Waals surface area contributed by atoms with Gasteiger partial charge in [-0.15, -0.1) is 11.3 Å². The summed E-state index contributed by atoms with van der Waals surface area (Å²) in [5.74, 6) is 6.55. The van der Waals surface area contributed by atoms with Gasteiger partial charge in [0, 0.05) is 23.5 Å². The molecule has 3 nitrogen and oxygen atoms in total. The first kappa shape index (κ1) is 11.0. The average Bonchev–Trinajstić information content (AvgIpc) is 2.97. The van der Waals surface area contributed by atoms with Gasteiger partial charge in [-0.3, -0.25) is 11.3 Å². The number of nitrogens with one attached hydrogen (secondary N) is 1. The molecule has 15 heavy (non-hydrogen) atoms. The molecule has 1 aliphatic carbocycles. The van der Waals surface area contributed by atoms with E-state index in [0.29, 0.717) is 6.04 Å². The summed E-state index contributed by atoms with van der Waals surface area (Å²) in [6, 6.07) is 0.399. The highest BCUT2D eigenvalue weighted by atomic mass is 32.1. The Morgan fingerprint density at radius 1 is 1.67 bits per heavy atom. The lowest BCUT2D eigenvalue weighted by Crippen LogP contribution is -2.36. The van der Waals surface area contributed by atoms with Crippen LogP contribution in [-0.2, 0) is 6.42 Å². The molecule has 4 heteroatoms. The maximum Gasteiger partial charge on any atom is 0.0944 e. The monoisotopic (exact) mass is 225 g/mol. The van der Waals surface area contributed by atoms with Gasteiger partial charge in [0.25, 0.3) is 0 Å². The van der Waals surface area contributed by atoms with Crippen LogP contribution in [-0.4, -0.2) is 11.0 Å². The molecule has 0 aromatic carbocycles. The Kier molecular flexibility index (Phi) is 3.72. The molecule has 0 spiro atoms. The Labute approximate surface area is 95.1 Å². The van der Waals surface area contributed by atoms with Gasteiger partial charge in [-0.05, 0) is 25.7 Å². The van der Waals surface area contributed by atoms with Crippen molar-refractivity contribution in [2.24, 2.45) is 11.8 Å². The number of nitrogens with two attached hydrogens (primary N) is 1. The minimum atomic E-state index is 0.399. The number of thiazole rings is 1. The van der Waals surface area contributed by atoms with Crippen LogP contribution in [0.2, 0.25) is 0 Å². The number of hydrogen-bond acceptors (Lipinski definition) is 4. The molecule has 0 amide bonds. The van der Waals surface area contributed by atoms with E-state index in [1.54, 1.807) is 11.3 Å². The Balaban J connectivity index is 1.78. The van der Waals surface area contributed by atoms with E-state index >= 15 is 0 Å². The Morgan fingerprint density at radius 2 is 2.47 bits per heavy atom. The fourth-order valence-electron chi connectivity index (χ4n) is 1.79. The van der Waals surface area contributed by atoms with Crippen LogP contribution < -0.4 is 11.3 Å². The SMILES string of the molecule is Cc1csc(CC(CCC2CC2)NN)n1. The molecule has 0 aliphatic heterocycles. The highest BCUT2D eigenvalue weighted by Crippen LogP contribution is 2.34. The van der Waals surface area contributed by atoms with Gasteiger partial charge in [-0.2, -0.15) is 0 Å². The van der Waals surface area contributed by atoms with E-state index in [1.807, 2.05) is 6.92 Å². The van der Waals surface area contributed by atoms with E-state index in [-0.39, 0.29) is 0 Å². The second kappa shape index (κ2) is 5.05. The lowest BCUT2D eigenvalue weighted by atomic mass is 10.1. The standard InChI is InChI=1S/C11H19N3S/c1-8-7-15-11(13-8)6-10(14-12)5-4-9-2-3-9/h7,9-10,14H,2-6,12H2,1H3. The third-order valence-corrected chi connectivity index (χ3v) is 3.93. The minimum absolute atomic E-state index is 0.399. The van der Waals surface area contributed by atoms with Crippen molar-refractivity contribution in [3.8, 4) is 0 Å². The van der Waals surface area contributed by atoms with Gasteiger partial charge in [-0.25, -0.2) is 4.98 Å². The van der Waals surface area contributed by atoms with Gasteiger partial charge in [0.2, 0.25) is 0 Å². The molecule has 1 atom stereocenters. The molecule has 1 aromatic heterocycles. The lowest BCUT2D eigenvalue weighted by molar-refractivity contribution is 0.461. The van der Waals surface area contributed by atoms with E-state index in [1.165, 1.54) is 30.7 Å². The van der Waals surface area contributed by atoms with Crippen LogP contribution in [0.5, 0.6) is 0 Å². The summed E-state index contributed by atoms with van der Waals surface area (Å²) in [5, 5.41) is 3.30. The van der Waals surface area contributed by atoms with E-state index in [2.05, 4.69) is 15.8 Å². The van der Waals surface area contributed by atoms with Gasteiger partial charge < -0.3 is 0 Å². The number of aryl methyl sites for hydroxylation is 1. The predicted molar refractivity (Wildman–Crippen MR) is 63.6 cm³/mol. The molecule has 1 unspecified atom stereocenters. The van der Waals surface area contributed by atoms with Gasteiger partial charge in [0.05, 0.1) is 5.01 Å². The van der Waals surface area contributed by atoms with Crippen molar-refractivity contribution in [3.63, 3.8) is 0 Å². The summed E-state index contributed by atoms with van der Waals surface area (Å²) in [6.45, 7) is 2.04. The molecule has 1 aromatic rings. The molecular formula is C11H19N3S. The Hall–Kier alpha value is -0.450. The molecule has 1 saturated carbocycles. The van der Waals surface area contributed by atoms with Gasteiger partial charge >= 0.3 is 0 Å². The van der Waals surface area contributed by atoms with Gasteiger partial charge in [0.1, 0.15) is 0 Å². The molecule has 3 N–H and O–H groups in total. The summed E-state index contributed by atoms with van der Waals surface area (Å²) in [6.07, 6.45) is 6.32. The summed E-state index contributed by atoms with van der Waals surface area (Å²) in [4.78, 5) is 4.46. The van der Waals surface area contributed by atoms with Crippen molar-refractivity contribution in [1.82, 2.24) is 10.4 Å². The summed E-state index contributed by atoms with van der Waals surface area (Å²) in [5.41, 5.74) is 4.03. The highest BCUT2D eigenvalue weighted by molar-refractivity contribution is 7.09. The van der Waals surface area contributed by atoms with Crippen molar-refractivity contribution in [1.29, 1.82) is 0 Å². The van der Waals surface area contributed by atoms with Crippen molar-refractivity contribution in [3.05, 3.63) is 16.1 Å². The average molecular weight is 225 g/mol. The molecule has 0 saturated heterocycles. The third kappa shape index (κ3) is 3.55. The molecule has 2 rings (SSSR count). The zero-order valence-electron chi connectivity index (χ0n) is 9.20. The maximum atomic E-state index is 5.56. The normalized spacial score (nSPS) is 18.0. The molecule has 1 fully saturated rings. The molecule has 0 bridgehead atoms. The quantitative estimate of drug-likeness (QED) is 0.575. The second-order valence-electron chi connectivity index (χ2n) is 4.47. The van der Waals surface area contributed by atoms with E-state index in [4.69, 9.17) is 5.84 Å². The smallest absolute Gasteiger partial charge is 0.0944 e. The maximum absolute atomic E-state index is 5.56. The van der Waals surface area contributed by atoms with Gasteiger partial charge in [0.15, 0.2) is 0 Å². The van der Waals surface area contributed by atoms with Crippen LogP contribution >= 0.6 is 11.3 Å². The molecule has 1 aliphatic rings.